The Morgan fingerprint density at radius 2 is 0.623 bits per heavy atom. The van der Waals surface area contributed by atoms with Crippen LogP contribution in [0.5, 0.6) is 0 Å². The molecule has 6 heteroatoms. The molecule has 0 aromatic heterocycles. The van der Waals surface area contributed by atoms with Gasteiger partial charge in [-0.1, -0.05) is 220 Å². The second-order valence-electron chi connectivity index (χ2n) is 16.5. The molecule has 0 spiro atoms. The number of ether oxygens (including phenoxy) is 3. The number of esters is 3. The number of hydrogen-bond donors (Lipinski definition) is 0. The summed E-state index contributed by atoms with van der Waals surface area (Å²) in [4.78, 5) is 37.5. The fourth-order valence-electron chi connectivity index (χ4n) is 6.98. The highest BCUT2D eigenvalue weighted by Crippen LogP contribution is 2.16. The van der Waals surface area contributed by atoms with E-state index in [1.807, 2.05) is 0 Å². The molecular weight excluding hydrogens is 661 g/mol. The molecule has 0 bridgehead atoms. The number of carbonyl (C=O) groups is 3. The first-order valence-electron chi connectivity index (χ1n) is 23.4. The predicted octanol–water partition coefficient (Wildman–Crippen LogP) is 14.7. The third-order valence-electron chi connectivity index (χ3n) is 10.5. The summed E-state index contributed by atoms with van der Waals surface area (Å²) in [7, 11) is 0. The van der Waals surface area contributed by atoms with Crippen LogP contribution in [0.4, 0.5) is 0 Å². The van der Waals surface area contributed by atoms with Crippen LogP contribution in [0.1, 0.15) is 259 Å². The molecular formula is C47H90O6. The van der Waals surface area contributed by atoms with Gasteiger partial charge in [0.25, 0.3) is 0 Å². The average molecular weight is 751 g/mol. The van der Waals surface area contributed by atoms with Crippen molar-refractivity contribution in [2.24, 2.45) is 5.92 Å². The van der Waals surface area contributed by atoms with Gasteiger partial charge >= 0.3 is 17.9 Å². The topological polar surface area (TPSA) is 78.9 Å². The van der Waals surface area contributed by atoms with Crippen LogP contribution in [-0.4, -0.2) is 37.2 Å². The van der Waals surface area contributed by atoms with Crippen molar-refractivity contribution in [2.75, 3.05) is 13.2 Å². The SMILES string of the molecule is CCCCCCCCCCCCCCCCCCCCC(=O)OC[C@@H](COC(=O)CCCCCCCCCCCC(C)C)OC(=O)CCCCCCC. The van der Waals surface area contributed by atoms with Gasteiger partial charge < -0.3 is 14.2 Å². The summed E-state index contributed by atoms with van der Waals surface area (Å²) in [6.07, 6.45) is 41.3. The van der Waals surface area contributed by atoms with E-state index in [-0.39, 0.29) is 31.1 Å². The minimum Gasteiger partial charge on any atom is -0.462 e. The van der Waals surface area contributed by atoms with E-state index in [2.05, 4.69) is 27.7 Å². The van der Waals surface area contributed by atoms with Crippen LogP contribution >= 0.6 is 0 Å². The predicted molar refractivity (Wildman–Crippen MR) is 224 cm³/mol. The lowest BCUT2D eigenvalue weighted by atomic mass is 10.0. The molecule has 0 saturated carbocycles. The van der Waals surface area contributed by atoms with Gasteiger partial charge in [-0.3, -0.25) is 14.4 Å². The average Bonchev–Trinajstić information content (AvgIpc) is 3.14. The maximum Gasteiger partial charge on any atom is 0.306 e. The van der Waals surface area contributed by atoms with Crippen molar-refractivity contribution in [3.8, 4) is 0 Å². The first-order chi connectivity index (χ1) is 25.9. The summed E-state index contributed by atoms with van der Waals surface area (Å²) in [5.74, 6) is -0.0600. The molecule has 0 aromatic rings. The maximum atomic E-state index is 12.5. The van der Waals surface area contributed by atoms with Gasteiger partial charge in [0.2, 0.25) is 0 Å². The van der Waals surface area contributed by atoms with Gasteiger partial charge in [0.15, 0.2) is 6.10 Å². The summed E-state index contributed by atoms with van der Waals surface area (Å²) >= 11 is 0. The van der Waals surface area contributed by atoms with Crippen LogP contribution in [0, 0.1) is 5.92 Å². The first-order valence-corrected chi connectivity index (χ1v) is 23.4. The molecule has 0 unspecified atom stereocenters. The van der Waals surface area contributed by atoms with Crippen LogP contribution in [0.25, 0.3) is 0 Å². The maximum absolute atomic E-state index is 12.5. The molecule has 53 heavy (non-hydrogen) atoms. The highest BCUT2D eigenvalue weighted by molar-refractivity contribution is 5.71. The highest BCUT2D eigenvalue weighted by Gasteiger charge is 2.19. The van der Waals surface area contributed by atoms with E-state index in [9.17, 15) is 14.4 Å². The monoisotopic (exact) mass is 751 g/mol. The molecule has 1 atom stereocenters. The van der Waals surface area contributed by atoms with Crippen molar-refractivity contribution < 1.29 is 28.6 Å². The largest absolute Gasteiger partial charge is 0.462 e. The van der Waals surface area contributed by atoms with Crippen LogP contribution in [0.2, 0.25) is 0 Å². The van der Waals surface area contributed by atoms with E-state index in [0.717, 1.165) is 70.1 Å². The van der Waals surface area contributed by atoms with E-state index in [4.69, 9.17) is 14.2 Å². The first kappa shape index (κ1) is 51.4. The summed E-state index contributed by atoms with van der Waals surface area (Å²) in [5, 5.41) is 0. The Hall–Kier alpha value is -1.59. The zero-order valence-corrected chi connectivity index (χ0v) is 36.0. The lowest BCUT2D eigenvalue weighted by Crippen LogP contribution is -2.30. The van der Waals surface area contributed by atoms with Crippen LogP contribution in [0.3, 0.4) is 0 Å². The van der Waals surface area contributed by atoms with Crippen LogP contribution < -0.4 is 0 Å². The molecule has 0 aliphatic rings. The van der Waals surface area contributed by atoms with E-state index in [1.54, 1.807) is 0 Å². The summed E-state index contributed by atoms with van der Waals surface area (Å²) in [5.41, 5.74) is 0. The number of carbonyl (C=O) groups excluding carboxylic acids is 3. The third-order valence-corrected chi connectivity index (χ3v) is 10.5. The molecule has 314 valence electrons. The van der Waals surface area contributed by atoms with Gasteiger partial charge in [-0.15, -0.1) is 0 Å². The zero-order valence-electron chi connectivity index (χ0n) is 36.0. The van der Waals surface area contributed by atoms with Gasteiger partial charge in [0, 0.05) is 19.3 Å². The van der Waals surface area contributed by atoms with E-state index in [0.29, 0.717) is 19.3 Å². The molecule has 0 saturated heterocycles. The minimum atomic E-state index is -0.757. The van der Waals surface area contributed by atoms with Crippen molar-refractivity contribution in [3.63, 3.8) is 0 Å². The van der Waals surface area contributed by atoms with Crippen LogP contribution in [0.15, 0.2) is 0 Å². The molecule has 6 nitrogen and oxygen atoms in total. The van der Waals surface area contributed by atoms with Crippen molar-refractivity contribution in [1.29, 1.82) is 0 Å². The molecule has 0 radical (unpaired) electrons. The Balaban J connectivity index is 4.08. The molecule has 0 aliphatic carbocycles. The normalized spacial score (nSPS) is 11.9. The quantitative estimate of drug-likeness (QED) is 0.0351. The van der Waals surface area contributed by atoms with Crippen LogP contribution in [-0.2, 0) is 28.6 Å². The second-order valence-corrected chi connectivity index (χ2v) is 16.5. The summed E-state index contributed by atoms with van der Waals surface area (Å²) < 4.78 is 16.6. The molecule has 0 rings (SSSR count). The Kier molecular flexibility index (Phi) is 40.3. The van der Waals surface area contributed by atoms with E-state index >= 15 is 0 Å². The van der Waals surface area contributed by atoms with Gasteiger partial charge in [0.05, 0.1) is 0 Å². The van der Waals surface area contributed by atoms with E-state index < -0.39 is 6.10 Å². The molecule has 0 aromatic carbocycles. The lowest BCUT2D eigenvalue weighted by Gasteiger charge is -2.18. The Labute approximate surface area is 329 Å². The van der Waals surface area contributed by atoms with Gasteiger partial charge in [-0.2, -0.15) is 0 Å². The Morgan fingerprint density at radius 3 is 0.925 bits per heavy atom. The fraction of sp³-hybridized carbons (Fsp3) is 0.936. The van der Waals surface area contributed by atoms with Gasteiger partial charge in [-0.25, -0.2) is 0 Å². The molecule has 0 amide bonds. The number of unbranched alkanes of at least 4 members (excludes halogenated alkanes) is 29. The minimum absolute atomic E-state index is 0.0653. The molecule has 0 N–H and O–H groups in total. The Morgan fingerprint density at radius 1 is 0.358 bits per heavy atom. The van der Waals surface area contributed by atoms with Crippen molar-refractivity contribution in [3.05, 3.63) is 0 Å². The third kappa shape index (κ3) is 41.4. The summed E-state index contributed by atoms with van der Waals surface area (Å²) in [6.45, 7) is 8.90. The molecule has 0 heterocycles. The van der Waals surface area contributed by atoms with Gasteiger partial charge in [0.1, 0.15) is 13.2 Å². The zero-order chi connectivity index (χ0) is 38.9. The van der Waals surface area contributed by atoms with E-state index in [1.165, 1.54) is 148 Å². The smallest absolute Gasteiger partial charge is 0.306 e. The second kappa shape index (κ2) is 41.6. The van der Waals surface area contributed by atoms with Gasteiger partial charge in [-0.05, 0) is 25.2 Å². The van der Waals surface area contributed by atoms with Crippen molar-refractivity contribution in [1.82, 2.24) is 0 Å². The summed E-state index contributed by atoms with van der Waals surface area (Å²) in [6, 6.07) is 0. The standard InChI is InChI=1S/C47H90O6/c1-5-7-9-11-12-13-14-15-16-17-18-19-20-21-24-27-31-34-38-45(48)51-41-44(53-47(50)40-36-29-10-8-6-2)42-52-46(49)39-35-32-28-25-22-23-26-30-33-37-43(3)4/h43-44H,5-42H2,1-4H3/t44-/m0/s1. The number of hydrogen-bond acceptors (Lipinski definition) is 6. The Bertz CT molecular complexity index is 796. The number of rotatable bonds is 42. The fourth-order valence-corrected chi connectivity index (χ4v) is 6.98. The molecule has 0 aliphatic heterocycles. The van der Waals surface area contributed by atoms with Crippen molar-refractivity contribution in [2.45, 2.75) is 265 Å². The molecule has 0 fully saturated rings. The lowest BCUT2D eigenvalue weighted by molar-refractivity contribution is -0.167. The van der Waals surface area contributed by atoms with Crippen molar-refractivity contribution >= 4 is 17.9 Å². The highest BCUT2D eigenvalue weighted by atomic mass is 16.6.